The predicted molar refractivity (Wildman–Crippen MR) is 107 cm³/mol. The van der Waals surface area contributed by atoms with Crippen molar-refractivity contribution in [3.63, 3.8) is 0 Å². The minimum Gasteiger partial charge on any atom is -0.466 e. The summed E-state index contributed by atoms with van der Waals surface area (Å²) in [5.41, 5.74) is 1.64. The molecule has 1 amide bonds. The van der Waals surface area contributed by atoms with Gasteiger partial charge in [-0.2, -0.15) is 5.10 Å². The van der Waals surface area contributed by atoms with E-state index in [9.17, 15) is 13.6 Å². The number of alkyl halides is 2. The van der Waals surface area contributed by atoms with Crippen LogP contribution in [-0.4, -0.2) is 50.5 Å². The number of fused-ring (bicyclic) bond motifs is 2. The van der Waals surface area contributed by atoms with Crippen LogP contribution in [0.5, 0.6) is 5.88 Å². The number of pyridine rings is 2. The number of carbonyl (C=O) groups is 1. The van der Waals surface area contributed by atoms with E-state index in [4.69, 9.17) is 4.74 Å². The second kappa shape index (κ2) is 7.05. The summed E-state index contributed by atoms with van der Waals surface area (Å²) in [4.78, 5) is 18.6. The van der Waals surface area contributed by atoms with Gasteiger partial charge in [-0.3, -0.25) is 4.79 Å². The Morgan fingerprint density at radius 2 is 1.93 bits per heavy atom. The highest BCUT2D eigenvalue weighted by molar-refractivity contribution is 5.93. The molecule has 4 aromatic rings. The maximum atomic E-state index is 14.6. The first-order valence-electron chi connectivity index (χ1n) is 9.64. The van der Waals surface area contributed by atoms with E-state index in [2.05, 4.69) is 10.1 Å². The van der Waals surface area contributed by atoms with Gasteiger partial charge in [-0.25, -0.2) is 18.3 Å². The minimum absolute atomic E-state index is 0.0648. The van der Waals surface area contributed by atoms with Crippen LogP contribution in [0, 0.1) is 0 Å². The Bertz CT molecular complexity index is 1210. The molecule has 0 spiro atoms. The molecule has 152 valence electrons. The maximum Gasteiger partial charge on any atom is 0.287 e. The number of hydrogen-bond acceptors (Lipinski definition) is 4. The quantitative estimate of drug-likeness (QED) is 0.517. The van der Waals surface area contributed by atoms with Gasteiger partial charge in [0.05, 0.1) is 17.6 Å². The van der Waals surface area contributed by atoms with E-state index in [1.54, 1.807) is 41.0 Å². The van der Waals surface area contributed by atoms with Crippen LogP contribution in [0.25, 0.3) is 16.4 Å². The van der Waals surface area contributed by atoms with Crippen LogP contribution in [0.1, 0.15) is 16.9 Å². The van der Waals surface area contributed by atoms with Crippen LogP contribution < -0.4 is 4.74 Å². The van der Waals surface area contributed by atoms with Crippen LogP contribution in [0.4, 0.5) is 8.78 Å². The lowest BCUT2D eigenvalue weighted by Crippen LogP contribution is -2.55. The molecule has 5 rings (SSSR count). The second-order valence-electron chi connectivity index (χ2n) is 7.31. The summed E-state index contributed by atoms with van der Waals surface area (Å²) < 4.78 is 36.3. The van der Waals surface area contributed by atoms with Gasteiger partial charge in [-0.15, -0.1) is 0 Å². The third-order valence-electron chi connectivity index (χ3n) is 5.28. The van der Waals surface area contributed by atoms with Crippen molar-refractivity contribution in [3.8, 4) is 5.88 Å². The van der Waals surface area contributed by atoms with Crippen LogP contribution in [0.2, 0.25) is 0 Å². The van der Waals surface area contributed by atoms with E-state index in [0.29, 0.717) is 5.52 Å². The summed E-state index contributed by atoms with van der Waals surface area (Å²) in [6.45, 7) is -0.307. The first-order chi connectivity index (χ1) is 14.5. The van der Waals surface area contributed by atoms with Gasteiger partial charge in [-0.1, -0.05) is 24.3 Å². The molecule has 1 fully saturated rings. The van der Waals surface area contributed by atoms with E-state index in [-0.39, 0.29) is 24.7 Å². The second-order valence-corrected chi connectivity index (χ2v) is 7.31. The number of aromatic nitrogens is 3. The Balaban J connectivity index is 1.38. The molecule has 30 heavy (non-hydrogen) atoms. The number of likely N-dealkylation sites (tertiary alicyclic amines) is 1. The van der Waals surface area contributed by atoms with Crippen LogP contribution in [0.3, 0.4) is 0 Å². The van der Waals surface area contributed by atoms with Crippen molar-refractivity contribution in [1.82, 2.24) is 19.5 Å². The average molecular weight is 408 g/mol. The van der Waals surface area contributed by atoms with Crippen LogP contribution in [0.15, 0.2) is 66.9 Å². The third-order valence-corrected chi connectivity index (χ3v) is 5.28. The Hall–Kier alpha value is -3.55. The van der Waals surface area contributed by atoms with E-state index >= 15 is 0 Å². The summed E-state index contributed by atoms with van der Waals surface area (Å²) in [5.74, 6) is -3.35. The monoisotopic (exact) mass is 408 g/mol. The lowest BCUT2D eigenvalue weighted by Gasteiger charge is -2.37. The van der Waals surface area contributed by atoms with E-state index < -0.39 is 24.4 Å². The Morgan fingerprint density at radius 1 is 1.10 bits per heavy atom. The normalized spacial score (nSPS) is 18.6. The SMILES string of the molecule is O=C(c1cc2ccccn2n1)N1CCC(F)(F)C(Oc2ccc3ccccc3n2)C1. The molecule has 1 aliphatic rings. The number of nitrogens with zero attached hydrogens (tertiary/aromatic N) is 4. The number of rotatable bonds is 3. The van der Waals surface area contributed by atoms with E-state index in [1.165, 1.54) is 4.90 Å². The fraction of sp³-hybridized carbons (Fsp3) is 0.227. The van der Waals surface area contributed by atoms with E-state index in [1.807, 2.05) is 30.3 Å². The number of carbonyl (C=O) groups excluding carboxylic acids is 1. The molecule has 4 heterocycles. The van der Waals surface area contributed by atoms with Crippen molar-refractivity contribution in [3.05, 3.63) is 72.6 Å². The Labute approximate surface area is 170 Å². The lowest BCUT2D eigenvalue weighted by atomic mass is 10.0. The number of piperidine rings is 1. The Morgan fingerprint density at radius 3 is 2.80 bits per heavy atom. The Kier molecular flexibility index (Phi) is 4.34. The van der Waals surface area contributed by atoms with Gasteiger partial charge in [-0.05, 0) is 30.3 Å². The minimum atomic E-state index is -3.07. The number of halogens is 2. The highest BCUT2D eigenvalue weighted by Gasteiger charge is 2.47. The maximum absolute atomic E-state index is 14.6. The van der Waals surface area contributed by atoms with Gasteiger partial charge in [0.2, 0.25) is 5.88 Å². The molecule has 1 atom stereocenters. The molecule has 1 saturated heterocycles. The first kappa shape index (κ1) is 18.5. The summed E-state index contributed by atoms with van der Waals surface area (Å²) >= 11 is 0. The topological polar surface area (TPSA) is 59.7 Å². The molecule has 0 radical (unpaired) electrons. The van der Waals surface area contributed by atoms with Gasteiger partial charge in [0, 0.05) is 30.6 Å². The zero-order chi connectivity index (χ0) is 20.7. The van der Waals surface area contributed by atoms with Gasteiger partial charge < -0.3 is 9.64 Å². The largest absolute Gasteiger partial charge is 0.466 e. The molecular formula is C22H18F2N4O2. The fourth-order valence-electron chi connectivity index (χ4n) is 3.64. The zero-order valence-corrected chi connectivity index (χ0v) is 15.9. The highest BCUT2D eigenvalue weighted by atomic mass is 19.3. The molecule has 0 saturated carbocycles. The molecular weight excluding hydrogens is 390 g/mol. The fourth-order valence-corrected chi connectivity index (χ4v) is 3.64. The lowest BCUT2D eigenvalue weighted by molar-refractivity contribution is -0.131. The van der Waals surface area contributed by atoms with Crippen molar-refractivity contribution in [1.29, 1.82) is 0 Å². The molecule has 8 heteroatoms. The molecule has 6 nitrogen and oxygen atoms in total. The molecule has 0 N–H and O–H groups in total. The van der Waals surface area contributed by atoms with Crippen molar-refractivity contribution in [2.24, 2.45) is 0 Å². The molecule has 1 aromatic carbocycles. The molecule has 1 unspecified atom stereocenters. The number of amides is 1. The summed E-state index contributed by atoms with van der Waals surface area (Å²) in [7, 11) is 0. The van der Waals surface area contributed by atoms with Crippen molar-refractivity contribution in [2.45, 2.75) is 18.4 Å². The predicted octanol–water partition coefficient (Wildman–Crippen LogP) is 3.81. The first-order valence-corrected chi connectivity index (χ1v) is 9.64. The van der Waals surface area contributed by atoms with Crippen molar-refractivity contribution in [2.75, 3.05) is 13.1 Å². The number of ether oxygens (including phenoxy) is 1. The smallest absolute Gasteiger partial charge is 0.287 e. The number of para-hydroxylation sites is 1. The standard InChI is InChI=1S/C22H18F2N4O2/c23-22(24)10-12-27(21(29)18-13-16-6-3-4-11-28(16)26-18)14-19(22)30-20-9-8-15-5-1-2-7-17(15)25-20/h1-9,11,13,19H,10,12,14H2. The highest BCUT2D eigenvalue weighted by Crippen LogP contribution is 2.32. The molecule has 0 bridgehead atoms. The zero-order valence-electron chi connectivity index (χ0n) is 15.9. The van der Waals surface area contributed by atoms with Gasteiger partial charge in [0.25, 0.3) is 11.8 Å². The van der Waals surface area contributed by atoms with Crippen molar-refractivity contribution >= 4 is 22.3 Å². The van der Waals surface area contributed by atoms with Crippen LogP contribution >= 0.6 is 0 Å². The van der Waals surface area contributed by atoms with Gasteiger partial charge in [0.15, 0.2) is 11.8 Å². The summed E-state index contributed by atoms with van der Waals surface area (Å²) in [6.07, 6.45) is -0.237. The number of benzene rings is 1. The van der Waals surface area contributed by atoms with Crippen LogP contribution in [-0.2, 0) is 0 Å². The average Bonchev–Trinajstić information content (AvgIpc) is 3.19. The number of hydrogen-bond donors (Lipinski definition) is 0. The van der Waals surface area contributed by atoms with Gasteiger partial charge in [0.1, 0.15) is 0 Å². The van der Waals surface area contributed by atoms with Gasteiger partial charge >= 0.3 is 0 Å². The molecule has 1 aliphatic heterocycles. The molecule has 0 aliphatic carbocycles. The summed E-state index contributed by atoms with van der Waals surface area (Å²) in [6, 6.07) is 17.8. The van der Waals surface area contributed by atoms with Crippen molar-refractivity contribution < 1.29 is 18.3 Å². The molecule has 3 aromatic heterocycles. The summed E-state index contributed by atoms with van der Waals surface area (Å²) in [5, 5.41) is 5.14. The van der Waals surface area contributed by atoms with E-state index in [0.717, 1.165) is 10.9 Å². The third kappa shape index (κ3) is 3.34.